The summed E-state index contributed by atoms with van der Waals surface area (Å²) in [6, 6.07) is 4.84. The summed E-state index contributed by atoms with van der Waals surface area (Å²) in [5.41, 5.74) is 1.44. The zero-order valence-electron chi connectivity index (χ0n) is 10.9. The van der Waals surface area contributed by atoms with Crippen molar-refractivity contribution < 1.29 is 9.13 Å². The van der Waals surface area contributed by atoms with Crippen LogP contribution in [0.4, 0.5) is 4.39 Å². The van der Waals surface area contributed by atoms with Crippen molar-refractivity contribution in [3.8, 4) is 5.75 Å². The first-order valence-corrected chi connectivity index (χ1v) is 6.09. The second kappa shape index (κ2) is 6.24. The molecule has 0 aliphatic rings. The lowest BCUT2D eigenvalue weighted by Gasteiger charge is -2.19. The first kappa shape index (κ1) is 13.4. The fraction of sp³-hybridized carbons (Fsp3) is 0.286. The van der Waals surface area contributed by atoms with Gasteiger partial charge in [0.15, 0.2) is 0 Å². The van der Waals surface area contributed by atoms with E-state index in [1.165, 1.54) is 12.3 Å². The Bertz CT molecular complexity index is 548. The van der Waals surface area contributed by atoms with E-state index >= 15 is 0 Å². The van der Waals surface area contributed by atoms with Gasteiger partial charge in [-0.05, 0) is 30.3 Å². The van der Waals surface area contributed by atoms with Crippen molar-refractivity contribution in [1.29, 1.82) is 0 Å². The van der Waals surface area contributed by atoms with Crippen molar-refractivity contribution in [3.63, 3.8) is 0 Å². The Kier molecular flexibility index (Phi) is 4.41. The van der Waals surface area contributed by atoms with Crippen LogP contribution in [0.15, 0.2) is 36.8 Å². The first-order valence-electron chi connectivity index (χ1n) is 6.09. The zero-order valence-corrected chi connectivity index (χ0v) is 10.9. The molecule has 0 saturated carbocycles. The van der Waals surface area contributed by atoms with Crippen molar-refractivity contribution in [2.45, 2.75) is 13.0 Å². The van der Waals surface area contributed by atoms with E-state index in [9.17, 15) is 4.39 Å². The van der Waals surface area contributed by atoms with Gasteiger partial charge in [0, 0.05) is 12.4 Å². The smallest absolute Gasteiger partial charge is 0.142 e. The van der Waals surface area contributed by atoms with Crippen molar-refractivity contribution in [3.05, 3.63) is 53.9 Å². The number of hydrogen-bond donors (Lipinski definition) is 1. The maximum Gasteiger partial charge on any atom is 0.142 e. The molecule has 1 N–H and O–H groups in total. The summed E-state index contributed by atoms with van der Waals surface area (Å²) in [7, 11) is 1.59. The van der Waals surface area contributed by atoms with Crippen molar-refractivity contribution in [2.75, 3.05) is 13.7 Å². The highest BCUT2D eigenvalue weighted by Crippen LogP contribution is 2.27. The molecule has 0 aliphatic heterocycles. The molecule has 5 heteroatoms. The van der Waals surface area contributed by atoms with Crippen LogP contribution >= 0.6 is 0 Å². The van der Waals surface area contributed by atoms with Crippen LogP contribution in [-0.4, -0.2) is 23.6 Å². The van der Waals surface area contributed by atoms with Crippen LogP contribution in [0.2, 0.25) is 0 Å². The highest BCUT2D eigenvalue weighted by atomic mass is 19.1. The molecule has 0 amide bonds. The molecule has 100 valence electrons. The monoisotopic (exact) mass is 261 g/mol. The van der Waals surface area contributed by atoms with Crippen molar-refractivity contribution in [2.24, 2.45) is 0 Å². The van der Waals surface area contributed by atoms with Gasteiger partial charge in [-0.25, -0.2) is 4.39 Å². The van der Waals surface area contributed by atoms with E-state index in [1.807, 2.05) is 13.0 Å². The van der Waals surface area contributed by atoms with E-state index in [0.29, 0.717) is 5.75 Å². The standard InChI is InChI=1S/C14H16FN3O/c1-3-17-13(10-7-11(15)9-16-8-10)14-12(19-2)5-4-6-18-14/h4-9,13,17H,3H2,1-2H3. The summed E-state index contributed by atoms with van der Waals surface area (Å²) in [6.45, 7) is 2.70. The van der Waals surface area contributed by atoms with E-state index in [2.05, 4.69) is 15.3 Å². The number of halogens is 1. The molecule has 0 radical (unpaired) electrons. The number of aromatic nitrogens is 2. The summed E-state index contributed by atoms with van der Waals surface area (Å²) in [6.07, 6.45) is 4.50. The molecule has 2 heterocycles. The fourth-order valence-electron chi connectivity index (χ4n) is 1.95. The van der Waals surface area contributed by atoms with Crippen LogP contribution in [0.5, 0.6) is 5.75 Å². The normalized spacial score (nSPS) is 12.2. The topological polar surface area (TPSA) is 47.0 Å². The number of hydrogen-bond acceptors (Lipinski definition) is 4. The quantitative estimate of drug-likeness (QED) is 0.897. The minimum absolute atomic E-state index is 0.246. The van der Waals surface area contributed by atoms with E-state index < -0.39 is 0 Å². The Morgan fingerprint density at radius 1 is 1.42 bits per heavy atom. The molecule has 2 aromatic heterocycles. The van der Waals surface area contributed by atoms with Gasteiger partial charge in [0.1, 0.15) is 17.3 Å². The molecular formula is C14H16FN3O. The minimum atomic E-state index is -0.365. The lowest BCUT2D eigenvalue weighted by Crippen LogP contribution is -2.23. The Morgan fingerprint density at radius 3 is 2.95 bits per heavy atom. The first-order chi connectivity index (χ1) is 9.26. The third-order valence-corrected chi connectivity index (χ3v) is 2.76. The van der Waals surface area contributed by atoms with Gasteiger partial charge < -0.3 is 10.1 Å². The number of rotatable bonds is 5. The SMILES string of the molecule is CCNC(c1cncc(F)c1)c1ncccc1OC. The van der Waals surface area contributed by atoms with E-state index in [4.69, 9.17) is 4.74 Å². The Morgan fingerprint density at radius 2 is 2.26 bits per heavy atom. The third kappa shape index (κ3) is 3.06. The van der Waals surface area contributed by atoms with Gasteiger partial charge in [-0.3, -0.25) is 9.97 Å². The summed E-state index contributed by atoms with van der Waals surface area (Å²) < 4.78 is 18.6. The number of nitrogens with one attached hydrogen (secondary N) is 1. The molecule has 2 aromatic rings. The van der Waals surface area contributed by atoms with Gasteiger partial charge in [-0.15, -0.1) is 0 Å². The molecule has 0 aromatic carbocycles. The molecule has 0 aliphatic carbocycles. The molecule has 1 atom stereocenters. The summed E-state index contributed by atoms with van der Waals surface area (Å²) in [5.74, 6) is 0.299. The number of pyridine rings is 2. The molecule has 0 spiro atoms. The van der Waals surface area contributed by atoms with E-state index in [0.717, 1.165) is 17.8 Å². The number of methoxy groups -OCH3 is 1. The predicted octanol–water partition coefficient (Wildman–Crippen LogP) is 2.32. The number of ether oxygens (including phenoxy) is 1. The maximum atomic E-state index is 13.3. The van der Waals surface area contributed by atoms with Crippen LogP contribution < -0.4 is 10.1 Å². The van der Waals surface area contributed by atoms with Crippen LogP contribution in [0.1, 0.15) is 24.2 Å². The second-order valence-electron chi connectivity index (χ2n) is 4.02. The molecule has 0 bridgehead atoms. The zero-order chi connectivity index (χ0) is 13.7. The van der Waals surface area contributed by atoms with Crippen molar-refractivity contribution in [1.82, 2.24) is 15.3 Å². The highest BCUT2D eigenvalue weighted by molar-refractivity contribution is 5.35. The Hall–Kier alpha value is -2.01. The number of nitrogens with zero attached hydrogens (tertiary/aromatic N) is 2. The Labute approximate surface area is 111 Å². The average Bonchev–Trinajstić information content (AvgIpc) is 2.45. The van der Waals surface area contributed by atoms with Gasteiger partial charge in [0.2, 0.25) is 0 Å². The van der Waals surface area contributed by atoms with Crippen LogP contribution in [0.25, 0.3) is 0 Å². The van der Waals surface area contributed by atoms with Gasteiger partial charge >= 0.3 is 0 Å². The van der Waals surface area contributed by atoms with Crippen LogP contribution in [-0.2, 0) is 0 Å². The highest BCUT2D eigenvalue weighted by Gasteiger charge is 2.19. The fourth-order valence-corrected chi connectivity index (χ4v) is 1.95. The lowest BCUT2D eigenvalue weighted by molar-refractivity contribution is 0.400. The summed E-state index contributed by atoms with van der Waals surface area (Å²) in [4.78, 5) is 8.22. The molecule has 0 saturated heterocycles. The van der Waals surface area contributed by atoms with E-state index in [1.54, 1.807) is 25.6 Å². The van der Waals surface area contributed by atoms with Gasteiger partial charge in [0.25, 0.3) is 0 Å². The van der Waals surface area contributed by atoms with Gasteiger partial charge in [-0.2, -0.15) is 0 Å². The molecule has 0 fully saturated rings. The lowest BCUT2D eigenvalue weighted by atomic mass is 10.0. The Balaban J connectivity index is 2.45. The van der Waals surface area contributed by atoms with Crippen LogP contribution in [0, 0.1) is 5.82 Å². The van der Waals surface area contributed by atoms with Crippen LogP contribution in [0.3, 0.4) is 0 Å². The van der Waals surface area contributed by atoms with E-state index in [-0.39, 0.29) is 11.9 Å². The average molecular weight is 261 g/mol. The maximum absolute atomic E-state index is 13.3. The summed E-state index contributed by atoms with van der Waals surface area (Å²) in [5, 5.41) is 3.27. The molecule has 4 nitrogen and oxygen atoms in total. The second-order valence-corrected chi connectivity index (χ2v) is 4.02. The largest absolute Gasteiger partial charge is 0.495 e. The molecular weight excluding hydrogens is 245 g/mol. The predicted molar refractivity (Wildman–Crippen MR) is 70.5 cm³/mol. The van der Waals surface area contributed by atoms with Crippen molar-refractivity contribution >= 4 is 0 Å². The summed E-state index contributed by atoms with van der Waals surface area (Å²) >= 11 is 0. The minimum Gasteiger partial charge on any atom is -0.495 e. The van der Waals surface area contributed by atoms with Gasteiger partial charge in [0.05, 0.1) is 19.3 Å². The molecule has 19 heavy (non-hydrogen) atoms. The molecule has 1 unspecified atom stereocenters. The van der Waals surface area contributed by atoms with Gasteiger partial charge in [-0.1, -0.05) is 6.92 Å². The molecule has 2 rings (SSSR count). The third-order valence-electron chi connectivity index (χ3n) is 2.76.